The van der Waals surface area contributed by atoms with E-state index in [-0.39, 0.29) is 5.91 Å². The predicted molar refractivity (Wildman–Crippen MR) is 111 cm³/mol. The van der Waals surface area contributed by atoms with Crippen LogP contribution in [0.5, 0.6) is 0 Å². The van der Waals surface area contributed by atoms with Crippen LogP contribution in [0, 0.1) is 0 Å². The molecule has 0 unspecified atom stereocenters. The van der Waals surface area contributed by atoms with Gasteiger partial charge >= 0.3 is 0 Å². The largest absolute Gasteiger partial charge is 0.378 e. The molecule has 8 heteroatoms. The second-order valence-electron chi connectivity index (χ2n) is 7.77. The number of carbonyl (C=O) groups excluding carboxylic acids is 2. The van der Waals surface area contributed by atoms with E-state index < -0.39 is 5.91 Å². The maximum absolute atomic E-state index is 12.9. The maximum atomic E-state index is 12.9. The Morgan fingerprint density at radius 2 is 1.67 bits per heavy atom. The summed E-state index contributed by atoms with van der Waals surface area (Å²) in [6.07, 6.45) is 0.545. The highest BCUT2D eigenvalue weighted by molar-refractivity contribution is 5.99. The Hall–Kier alpha value is -2.97. The minimum absolute atomic E-state index is 0.00847. The lowest BCUT2D eigenvalue weighted by atomic mass is 10.0. The van der Waals surface area contributed by atoms with Gasteiger partial charge in [-0.2, -0.15) is 0 Å². The van der Waals surface area contributed by atoms with E-state index in [0.717, 1.165) is 41.3 Å². The first kappa shape index (κ1) is 19.0. The molecule has 2 N–H and O–H groups in total. The quantitative estimate of drug-likeness (QED) is 0.696. The molecular formula is C22H24N4O4. The number of ether oxygens (including phenoxy) is 2. The van der Waals surface area contributed by atoms with Crippen molar-refractivity contribution < 1.29 is 19.1 Å². The van der Waals surface area contributed by atoms with Crippen molar-refractivity contribution in [1.29, 1.82) is 0 Å². The zero-order valence-corrected chi connectivity index (χ0v) is 16.7. The molecule has 2 amide bonds. The van der Waals surface area contributed by atoms with Crippen LogP contribution in [-0.4, -0.2) is 74.3 Å². The summed E-state index contributed by atoms with van der Waals surface area (Å²) in [5, 5.41) is 0. The van der Waals surface area contributed by atoms with Gasteiger partial charge in [0.15, 0.2) is 0 Å². The van der Waals surface area contributed by atoms with Gasteiger partial charge < -0.3 is 25.0 Å². The fourth-order valence-corrected chi connectivity index (χ4v) is 4.38. The van der Waals surface area contributed by atoms with Crippen LogP contribution in [0.2, 0.25) is 0 Å². The second kappa shape index (κ2) is 7.70. The summed E-state index contributed by atoms with van der Waals surface area (Å²) in [5.41, 5.74) is 10.4. The number of nitrogens with two attached hydrogens (primary N) is 1. The molecule has 0 saturated carbocycles. The van der Waals surface area contributed by atoms with Crippen LogP contribution >= 0.6 is 0 Å². The van der Waals surface area contributed by atoms with Crippen molar-refractivity contribution in [3.8, 4) is 11.3 Å². The molecule has 2 fully saturated rings. The highest BCUT2D eigenvalue weighted by Crippen LogP contribution is 2.39. The molecule has 1 aliphatic carbocycles. The maximum Gasteiger partial charge on any atom is 0.254 e. The third kappa shape index (κ3) is 3.32. The van der Waals surface area contributed by atoms with Gasteiger partial charge in [-0.1, -0.05) is 6.07 Å². The van der Waals surface area contributed by atoms with Gasteiger partial charge in [-0.15, -0.1) is 0 Å². The van der Waals surface area contributed by atoms with Crippen LogP contribution in [0.3, 0.4) is 0 Å². The monoisotopic (exact) mass is 408 g/mol. The lowest BCUT2D eigenvalue weighted by Crippen LogP contribution is -2.40. The standard InChI is InChI=1S/C22H24N4O4/c23-21(27)18-13-19(25-3-7-29-8-4-25)24-20-16-2-1-14(11-15(16)12-17(18)20)22(28)26-5-9-30-10-6-26/h1-2,11,13H,3-10,12H2,(H2,23,27). The van der Waals surface area contributed by atoms with Crippen molar-refractivity contribution in [1.82, 2.24) is 9.88 Å². The Morgan fingerprint density at radius 1 is 0.967 bits per heavy atom. The number of hydrogen-bond acceptors (Lipinski definition) is 6. The van der Waals surface area contributed by atoms with E-state index in [0.29, 0.717) is 57.1 Å². The summed E-state index contributed by atoms with van der Waals surface area (Å²) in [4.78, 5) is 33.9. The van der Waals surface area contributed by atoms with Crippen LogP contribution in [-0.2, 0) is 15.9 Å². The average Bonchev–Trinajstić information content (AvgIpc) is 3.16. The number of carbonyl (C=O) groups is 2. The molecule has 0 atom stereocenters. The average molecular weight is 408 g/mol. The van der Waals surface area contributed by atoms with Crippen molar-refractivity contribution >= 4 is 17.6 Å². The van der Waals surface area contributed by atoms with E-state index in [1.54, 1.807) is 6.07 Å². The first-order valence-corrected chi connectivity index (χ1v) is 10.3. The molecule has 5 rings (SSSR count). The molecule has 1 aromatic carbocycles. The zero-order chi connectivity index (χ0) is 20.7. The number of nitrogens with zero attached hydrogens (tertiary/aromatic N) is 3. The van der Waals surface area contributed by atoms with E-state index in [1.807, 2.05) is 23.1 Å². The fourth-order valence-electron chi connectivity index (χ4n) is 4.38. The summed E-state index contributed by atoms with van der Waals surface area (Å²) in [6.45, 7) is 5.06. The first-order valence-electron chi connectivity index (χ1n) is 10.3. The molecule has 2 aliphatic heterocycles. The van der Waals surface area contributed by atoms with E-state index in [2.05, 4.69) is 4.90 Å². The third-order valence-corrected chi connectivity index (χ3v) is 5.98. The summed E-state index contributed by atoms with van der Waals surface area (Å²) < 4.78 is 10.8. The molecule has 2 aromatic rings. The molecule has 30 heavy (non-hydrogen) atoms. The van der Waals surface area contributed by atoms with Gasteiger partial charge in [-0.05, 0) is 29.3 Å². The van der Waals surface area contributed by atoms with E-state index in [9.17, 15) is 9.59 Å². The van der Waals surface area contributed by atoms with Crippen molar-refractivity contribution in [2.45, 2.75) is 6.42 Å². The highest BCUT2D eigenvalue weighted by Gasteiger charge is 2.29. The number of hydrogen-bond donors (Lipinski definition) is 1. The third-order valence-electron chi connectivity index (χ3n) is 5.98. The summed E-state index contributed by atoms with van der Waals surface area (Å²) in [6, 6.07) is 7.50. The normalized spacial score (nSPS) is 18.1. The summed E-state index contributed by atoms with van der Waals surface area (Å²) in [5.74, 6) is 0.293. The first-order chi connectivity index (χ1) is 14.6. The van der Waals surface area contributed by atoms with Crippen molar-refractivity contribution in [3.63, 3.8) is 0 Å². The smallest absolute Gasteiger partial charge is 0.254 e. The molecule has 156 valence electrons. The van der Waals surface area contributed by atoms with E-state index in [1.165, 1.54) is 0 Å². The highest BCUT2D eigenvalue weighted by atomic mass is 16.5. The van der Waals surface area contributed by atoms with Crippen LogP contribution in [0.4, 0.5) is 5.82 Å². The molecule has 0 bridgehead atoms. The second-order valence-corrected chi connectivity index (χ2v) is 7.77. The Kier molecular flexibility index (Phi) is 4.88. The van der Waals surface area contributed by atoms with Gasteiger partial charge in [0.25, 0.3) is 5.91 Å². The Morgan fingerprint density at radius 3 is 2.37 bits per heavy atom. The van der Waals surface area contributed by atoms with Gasteiger partial charge in [0.1, 0.15) is 5.82 Å². The SMILES string of the molecule is NC(=O)c1cc(N2CCOCC2)nc2c1Cc1cc(C(=O)N3CCOCC3)ccc1-2. The Labute approximate surface area is 174 Å². The molecule has 8 nitrogen and oxygen atoms in total. The molecular weight excluding hydrogens is 384 g/mol. The molecule has 0 spiro atoms. The van der Waals surface area contributed by atoms with Crippen molar-refractivity contribution in [2.75, 3.05) is 57.5 Å². The number of rotatable bonds is 3. The van der Waals surface area contributed by atoms with Gasteiger partial charge in [0.05, 0.1) is 32.1 Å². The number of pyridine rings is 1. The minimum atomic E-state index is -0.458. The van der Waals surface area contributed by atoms with Crippen molar-refractivity contribution in [2.24, 2.45) is 5.73 Å². The van der Waals surface area contributed by atoms with E-state index in [4.69, 9.17) is 20.2 Å². The molecule has 3 heterocycles. The fraction of sp³-hybridized carbons (Fsp3) is 0.409. The van der Waals surface area contributed by atoms with Crippen LogP contribution in [0.15, 0.2) is 24.3 Å². The Balaban J connectivity index is 1.51. The summed E-state index contributed by atoms with van der Waals surface area (Å²) >= 11 is 0. The number of benzene rings is 1. The van der Waals surface area contributed by atoms with Gasteiger partial charge in [-0.25, -0.2) is 4.98 Å². The zero-order valence-electron chi connectivity index (χ0n) is 16.7. The lowest BCUT2D eigenvalue weighted by molar-refractivity contribution is 0.0303. The van der Waals surface area contributed by atoms with Crippen molar-refractivity contribution in [3.05, 3.63) is 46.5 Å². The van der Waals surface area contributed by atoms with Crippen LogP contribution < -0.4 is 10.6 Å². The molecule has 3 aliphatic rings. The Bertz CT molecular complexity index is 1010. The lowest BCUT2D eigenvalue weighted by Gasteiger charge is -2.28. The molecule has 0 radical (unpaired) electrons. The van der Waals surface area contributed by atoms with E-state index >= 15 is 0 Å². The predicted octanol–water partition coefficient (Wildman–Crippen LogP) is 1.06. The van der Waals surface area contributed by atoms with Crippen LogP contribution in [0.25, 0.3) is 11.3 Å². The number of morpholine rings is 2. The number of primary amides is 1. The molecule has 2 saturated heterocycles. The van der Waals surface area contributed by atoms with Crippen LogP contribution in [0.1, 0.15) is 31.8 Å². The topological polar surface area (TPSA) is 98.0 Å². The summed E-state index contributed by atoms with van der Waals surface area (Å²) in [7, 11) is 0. The molecule has 1 aromatic heterocycles. The number of anilines is 1. The van der Waals surface area contributed by atoms with Gasteiger partial charge in [-0.3, -0.25) is 9.59 Å². The number of aromatic nitrogens is 1. The number of fused-ring (bicyclic) bond motifs is 3. The minimum Gasteiger partial charge on any atom is -0.378 e. The number of amides is 2. The van der Waals surface area contributed by atoms with Gasteiger partial charge in [0.2, 0.25) is 5.91 Å². The van der Waals surface area contributed by atoms with Gasteiger partial charge in [0, 0.05) is 49.3 Å².